The highest BCUT2D eigenvalue weighted by molar-refractivity contribution is 5.66. The second-order valence-corrected chi connectivity index (χ2v) is 10.1. The van der Waals surface area contributed by atoms with E-state index < -0.39 is 11.6 Å². The first kappa shape index (κ1) is 26.9. The Balaban J connectivity index is 1.30. The molecule has 0 unspecified atom stereocenters. The molecule has 2 nitrogen and oxygen atoms in total. The predicted molar refractivity (Wildman–Crippen MR) is 147 cm³/mol. The lowest BCUT2D eigenvalue weighted by Gasteiger charge is -2.28. The quantitative estimate of drug-likeness (QED) is 0.181. The van der Waals surface area contributed by atoms with Crippen LogP contribution in [-0.2, 0) is 6.61 Å². The average molecular weight is 505 g/mol. The summed E-state index contributed by atoms with van der Waals surface area (Å²) >= 11 is 0. The minimum Gasteiger partial charge on any atom is -0.490 e. The average Bonchev–Trinajstić information content (AvgIpc) is 2.94. The molecule has 37 heavy (non-hydrogen) atoms. The molecular formula is C33H38F2O2. The SMILES string of the molecule is C=CCCC1CCC(c2ccc(COc3ccc(-c4ccc(OCCCC)c(F)c4F)cc3)cc2)CC1. The van der Waals surface area contributed by atoms with Crippen molar-refractivity contribution in [1.29, 1.82) is 0 Å². The summed E-state index contributed by atoms with van der Waals surface area (Å²) in [5.41, 5.74) is 3.33. The van der Waals surface area contributed by atoms with Crippen LogP contribution < -0.4 is 9.47 Å². The molecular weight excluding hydrogens is 466 g/mol. The molecule has 0 heterocycles. The Labute approximate surface area is 220 Å². The molecule has 1 aliphatic rings. The van der Waals surface area contributed by atoms with Crippen molar-refractivity contribution in [3.8, 4) is 22.6 Å². The fourth-order valence-corrected chi connectivity index (χ4v) is 5.11. The summed E-state index contributed by atoms with van der Waals surface area (Å²) in [5, 5.41) is 0. The molecule has 3 aromatic carbocycles. The molecule has 3 aromatic rings. The number of unbranched alkanes of at least 4 members (excludes halogenated alkanes) is 1. The van der Waals surface area contributed by atoms with Crippen molar-refractivity contribution in [3.05, 3.63) is 96.1 Å². The summed E-state index contributed by atoms with van der Waals surface area (Å²) in [5.74, 6) is 0.312. The van der Waals surface area contributed by atoms with Crippen LogP contribution in [0.5, 0.6) is 11.5 Å². The van der Waals surface area contributed by atoms with E-state index in [1.807, 2.05) is 13.0 Å². The Morgan fingerprint density at radius 1 is 0.865 bits per heavy atom. The van der Waals surface area contributed by atoms with Crippen LogP contribution in [0.4, 0.5) is 8.78 Å². The standard InChI is InChI=1S/C33H38F2O2/c1-3-5-7-24-8-12-26(13-9-24)27-14-10-25(11-15-27)23-37-29-18-16-28(17-19-29)30-20-21-31(33(35)32(30)34)36-22-6-4-2/h3,10-11,14-21,24,26H,1,4-9,12-13,22-23H2,2H3. The molecule has 0 N–H and O–H groups in total. The minimum absolute atomic E-state index is 0.0446. The van der Waals surface area contributed by atoms with E-state index in [4.69, 9.17) is 9.47 Å². The number of halogens is 2. The summed E-state index contributed by atoms with van der Waals surface area (Å²) in [7, 11) is 0. The molecule has 4 heteroatoms. The van der Waals surface area contributed by atoms with Crippen LogP contribution in [0.25, 0.3) is 11.1 Å². The molecule has 0 bridgehead atoms. The van der Waals surface area contributed by atoms with Gasteiger partial charge in [0.2, 0.25) is 5.82 Å². The first-order valence-corrected chi connectivity index (χ1v) is 13.6. The van der Waals surface area contributed by atoms with Crippen LogP contribution in [0.2, 0.25) is 0 Å². The highest BCUT2D eigenvalue weighted by Gasteiger charge is 2.22. The van der Waals surface area contributed by atoms with E-state index in [2.05, 4.69) is 30.8 Å². The highest BCUT2D eigenvalue weighted by atomic mass is 19.2. The van der Waals surface area contributed by atoms with E-state index in [9.17, 15) is 8.78 Å². The van der Waals surface area contributed by atoms with Gasteiger partial charge >= 0.3 is 0 Å². The van der Waals surface area contributed by atoms with E-state index in [1.165, 1.54) is 43.7 Å². The molecule has 0 aromatic heterocycles. The summed E-state index contributed by atoms with van der Waals surface area (Å²) in [6.07, 6.45) is 11.3. The molecule has 1 saturated carbocycles. The van der Waals surface area contributed by atoms with Crippen molar-refractivity contribution in [2.24, 2.45) is 5.92 Å². The third-order valence-corrected chi connectivity index (χ3v) is 7.45. The minimum atomic E-state index is -0.946. The third kappa shape index (κ3) is 7.21. The molecule has 0 amide bonds. The second kappa shape index (κ2) is 13.4. The van der Waals surface area contributed by atoms with Crippen LogP contribution in [-0.4, -0.2) is 6.61 Å². The van der Waals surface area contributed by atoms with Crippen LogP contribution in [0, 0.1) is 17.6 Å². The maximum atomic E-state index is 14.7. The van der Waals surface area contributed by atoms with Crippen molar-refractivity contribution in [3.63, 3.8) is 0 Å². The Bertz CT molecular complexity index is 1130. The van der Waals surface area contributed by atoms with Gasteiger partial charge in [-0.1, -0.05) is 55.8 Å². The van der Waals surface area contributed by atoms with Gasteiger partial charge in [-0.3, -0.25) is 0 Å². The summed E-state index contributed by atoms with van der Waals surface area (Å²) in [6, 6.07) is 18.9. The molecule has 0 saturated heterocycles. The Morgan fingerprint density at radius 3 is 2.27 bits per heavy atom. The fourth-order valence-electron chi connectivity index (χ4n) is 5.11. The summed E-state index contributed by atoms with van der Waals surface area (Å²) in [6.45, 7) is 6.70. The lowest BCUT2D eigenvalue weighted by Crippen LogP contribution is -2.13. The van der Waals surface area contributed by atoms with E-state index in [0.717, 1.165) is 30.7 Å². The second-order valence-electron chi connectivity index (χ2n) is 10.1. The van der Waals surface area contributed by atoms with Gasteiger partial charge in [0.25, 0.3) is 0 Å². The van der Waals surface area contributed by atoms with E-state index in [1.54, 1.807) is 30.3 Å². The fraction of sp³-hybridized carbons (Fsp3) is 0.394. The molecule has 196 valence electrons. The maximum Gasteiger partial charge on any atom is 0.201 e. The number of allylic oxidation sites excluding steroid dienone is 1. The van der Waals surface area contributed by atoms with Crippen LogP contribution >= 0.6 is 0 Å². The van der Waals surface area contributed by atoms with E-state index in [-0.39, 0.29) is 11.3 Å². The molecule has 1 aliphatic carbocycles. The Morgan fingerprint density at radius 2 is 1.59 bits per heavy atom. The molecule has 0 spiro atoms. The van der Waals surface area contributed by atoms with Gasteiger partial charge in [-0.05, 0) is 97.7 Å². The number of rotatable bonds is 12. The van der Waals surface area contributed by atoms with Crippen molar-refractivity contribution < 1.29 is 18.3 Å². The molecule has 1 fully saturated rings. The van der Waals surface area contributed by atoms with Crippen molar-refractivity contribution in [2.45, 2.75) is 70.8 Å². The first-order chi connectivity index (χ1) is 18.1. The lowest BCUT2D eigenvalue weighted by atomic mass is 9.77. The predicted octanol–water partition coefficient (Wildman–Crippen LogP) is 9.63. The van der Waals surface area contributed by atoms with Gasteiger partial charge in [0.1, 0.15) is 12.4 Å². The van der Waals surface area contributed by atoms with Gasteiger partial charge in [-0.15, -0.1) is 6.58 Å². The van der Waals surface area contributed by atoms with E-state index in [0.29, 0.717) is 30.4 Å². The summed E-state index contributed by atoms with van der Waals surface area (Å²) < 4.78 is 40.4. The zero-order valence-electron chi connectivity index (χ0n) is 21.9. The molecule has 0 atom stereocenters. The van der Waals surface area contributed by atoms with E-state index >= 15 is 0 Å². The zero-order chi connectivity index (χ0) is 26.0. The highest BCUT2D eigenvalue weighted by Crippen LogP contribution is 2.37. The monoisotopic (exact) mass is 504 g/mol. The Kier molecular flexibility index (Phi) is 9.76. The Hall–Kier alpha value is -3.14. The number of ether oxygens (including phenoxy) is 2. The van der Waals surface area contributed by atoms with Crippen LogP contribution in [0.1, 0.15) is 75.3 Å². The smallest absolute Gasteiger partial charge is 0.201 e. The first-order valence-electron chi connectivity index (χ1n) is 13.6. The van der Waals surface area contributed by atoms with Crippen molar-refractivity contribution in [2.75, 3.05) is 6.61 Å². The topological polar surface area (TPSA) is 18.5 Å². The third-order valence-electron chi connectivity index (χ3n) is 7.45. The molecule has 0 radical (unpaired) electrons. The number of benzene rings is 3. The number of hydrogen-bond donors (Lipinski definition) is 0. The van der Waals surface area contributed by atoms with Gasteiger partial charge in [0.15, 0.2) is 11.6 Å². The van der Waals surface area contributed by atoms with Crippen LogP contribution in [0.15, 0.2) is 73.3 Å². The van der Waals surface area contributed by atoms with Gasteiger partial charge in [0, 0.05) is 5.56 Å². The normalized spacial score (nSPS) is 17.4. The van der Waals surface area contributed by atoms with Crippen molar-refractivity contribution >= 4 is 0 Å². The van der Waals surface area contributed by atoms with Crippen LogP contribution in [0.3, 0.4) is 0 Å². The lowest BCUT2D eigenvalue weighted by molar-refractivity contribution is 0.289. The summed E-state index contributed by atoms with van der Waals surface area (Å²) in [4.78, 5) is 0. The molecule has 4 rings (SSSR count). The van der Waals surface area contributed by atoms with Crippen molar-refractivity contribution in [1.82, 2.24) is 0 Å². The van der Waals surface area contributed by atoms with Gasteiger partial charge in [0.05, 0.1) is 6.61 Å². The van der Waals surface area contributed by atoms with Gasteiger partial charge in [-0.25, -0.2) is 4.39 Å². The zero-order valence-corrected chi connectivity index (χ0v) is 21.9. The van der Waals surface area contributed by atoms with Gasteiger partial charge in [-0.2, -0.15) is 4.39 Å². The molecule has 0 aliphatic heterocycles. The maximum absolute atomic E-state index is 14.7. The largest absolute Gasteiger partial charge is 0.490 e. The van der Waals surface area contributed by atoms with Gasteiger partial charge < -0.3 is 9.47 Å². The number of hydrogen-bond acceptors (Lipinski definition) is 2.